The number of hydrogen-bond acceptors (Lipinski definition) is 3. The zero-order chi connectivity index (χ0) is 12.4. The lowest BCUT2D eigenvalue weighted by molar-refractivity contribution is -0.141. The van der Waals surface area contributed by atoms with Gasteiger partial charge in [-0.3, -0.25) is 4.79 Å². The maximum atomic E-state index is 12.2. The van der Waals surface area contributed by atoms with E-state index in [2.05, 4.69) is 12.6 Å². The molecule has 1 aromatic carbocycles. The van der Waals surface area contributed by atoms with E-state index in [-0.39, 0.29) is 5.91 Å². The van der Waals surface area contributed by atoms with Crippen molar-refractivity contribution in [1.29, 1.82) is 0 Å². The van der Waals surface area contributed by atoms with Gasteiger partial charge in [-0.1, -0.05) is 12.1 Å². The average molecular weight is 251 g/mol. The maximum Gasteiger partial charge on any atom is 0.326 e. The molecule has 1 heterocycles. The predicted molar refractivity (Wildman–Crippen MR) is 65.4 cm³/mol. The van der Waals surface area contributed by atoms with Gasteiger partial charge >= 0.3 is 5.97 Å². The maximum absolute atomic E-state index is 12.2. The second kappa shape index (κ2) is 4.79. The summed E-state index contributed by atoms with van der Waals surface area (Å²) in [5.74, 6) is -1.19. The van der Waals surface area contributed by atoms with Crippen LogP contribution < -0.4 is 0 Å². The monoisotopic (exact) mass is 251 g/mol. The van der Waals surface area contributed by atoms with Gasteiger partial charge in [-0.05, 0) is 25.0 Å². The van der Waals surface area contributed by atoms with Crippen LogP contribution >= 0.6 is 12.6 Å². The molecular formula is C12H13NO3S. The molecule has 1 aliphatic rings. The number of amides is 1. The Morgan fingerprint density at radius 2 is 2.06 bits per heavy atom. The molecule has 1 aliphatic heterocycles. The number of aliphatic carboxylic acids is 1. The summed E-state index contributed by atoms with van der Waals surface area (Å²) in [6, 6.07) is 6.23. The fourth-order valence-electron chi connectivity index (χ4n) is 2.08. The molecule has 1 aromatic rings. The zero-order valence-electron chi connectivity index (χ0n) is 9.17. The van der Waals surface area contributed by atoms with E-state index in [1.165, 1.54) is 4.90 Å². The second-order valence-electron chi connectivity index (χ2n) is 4.01. The zero-order valence-corrected chi connectivity index (χ0v) is 10.1. The van der Waals surface area contributed by atoms with Crippen LogP contribution in [0.5, 0.6) is 0 Å². The lowest BCUT2D eigenvalue weighted by atomic mass is 10.1. The Hall–Kier alpha value is -1.49. The van der Waals surface area contributed by atoms with Crippen LogP contribution in [0.15, 0.2) is 29.2 Å². The van der Waals surface area contributed by atoms with Crippen molar-refractivity contribution in [3.63, 3.8) is 0 Å². The largest absolute Gasteiger partial charge is 0.480 e. The smallest absolute Gasteiger partial charge is 0.326 e. The Morgan fingerprint density at radius 3 is 2.71 bits per heavy atom. The molecule has 1 unspecified atom stereocenters. The van der Waals surface area contributed by atoms with Crippen molar-refractivity contribution in [2.24, 2.45) is 0 Å². The molecule has 0 aromatic heterocycles. The predicted octanol–water partition coefficient (Wildman–Crippen LogP) is 1.66. The highest BCUT2D eigenvalue weighted by Crippen LogP contribution is 2.23. The average Bonchev–Trinajstić information content (AvgIpc) is 2.77. The first-order chi connectivity index (χ1) is 8.11. The summed E-state index contributed by atoms with van der Waals surface area (Å²) in [5.41, 5.74) is 0.462. The Bertz CT molecular complexity index is 461. The van der Waals surface area contributed by atoms with Crippen molar-refractivity contribution in [3.05, 3.63) is 29.8 Å². The van der Waals surface area contributed by atoms with Gasteiger partial charge in [-0.2, -0.15) is 0 Å². The number of thiol groups is 1. The Labute approximate surface area is 105 Å². The van der Waals surface area contributed by atoms with E-state index in [0.717, 1.165) is 6.42 Å². The number of nitrogens with zero attached hydrogens (tertiary/aromatic N) is 1. The van der Waals surface area contributed by atoms with Gasteiger partial charge in [0.15, 0.2) is 0 Å². The van der Waals surface area contributed by atoms with Gasteiger partial charge in [-0.15, -0.1) is 12.6 Å². The molecule has 0 radical (unpaired) electrons. The van der Waals surface area contributed by atoms with Crippen LogP contribution in [0, 0.1) is 0 Å². The van der Waals surface area contributed by atoms with E-state index in [1.807, 2.05) is 0 Å². The number of carbonyl (C=O) groups excluding carboxylic acids is 1. The first-order valence-corrected chi connectivity index (χ1v) is 5.87. The van der Waals surface area contributed by atoms with Crippen molar-refractivity contribution in [2.75, 3.05) is 6.54 Å². The first-order valence-electron chi connectivity index (χ1n) is 5.43. The van der Waals surface area contributed by atoms with Crippen molar-refractivity contribution in [1.82, 2.24) is 4.90 Å². The molecule has 2 rings (SSSR count). The van der Waals surface area contributed by atoms with Gasteiger partial charge in [0.25, 0.3) is 5.91 Å². The second-order valence-corrected chi connectivity index (χ2v) is 4.49. The molecule has 1 saturated heterocycles. The summed E-state index contributed by atoms with van der Waals surface area (Å²) < 4.78 is 0. The van der Waals surface area contributed by atoms with Crippen LogP contribution in [-0.4, -0.2) is 34.5 Å². The van der Waals surface area contributed by atoms with Gasteiger partial charge in [0, 0.05) is 11.4 Å². The SMILES string of the molecule is O=C(O)C1CCCN1C(=O)c1ccccc1S. The summed E-state index contributed by atoms with van der Waals surface area (Å²) in [5, 5.41) is 9.04. The molecule has 90 valence electrons. The van der Waals surface area contributed by atoms with Crippen molar-refractivity contribution < 1.29 is 14.7 Å². The van der Waals surface area contributed by atoms with E-state index >= 15 is 0 Å². The molecule has 1 amide bonds. The third kappa shape index (κ3) is 2.29. The lowest BCUT2D eigenvalue weighted by Gasteiger charge is -2.22. The number of likely N-dealkylation sites (tertiary alicyclic amines) is 1. The van der Waals surface area contributed by atoms with Gasteiger partial charge < -0.3 is 10.0 Å². The fourth-order valence-corrected chi connectivity index (χ4v) is 2.33. The van der Waals surface area contributed by atoms with E-state index in [9.17, 15) is 9.59 Å². The number of carbonyl (C=O) groups is 2. The lowest BCUT2D eigenvalue weighted by Crippen LogP contribution is -2.40. The summed E-state index contributed by atoms with van der Waals surface area (Å²) in [7, 11) is 0. The van der Waals surface area contributed by atoms with Gasteiger partial charge in [0.2, 0.25) is 0 Å². The fraction of sp³-hybridized carbons (Fsp3) is 0.333. The third-order valence-corrected chi connectivity index (χ3v) is 3.32. The quantitative estimate of drug-likeness (QED) is 0.786. The molecule has 17 heavy (non-hydrogen) atoms. The molecule has 0 aliphatic carbocycles. The molecular weight excluding hydrogens is 238 g/mol. The van der Waals surface area contributed by atoms with Crippen LogP contribution in [0.3, 0.4) is 0 Å². The topological polar surface area (TPSA) is 57.6 Å². The van der Waals surface area contributed by atoms with Crippen molar-refractivity contribution in [3.8, 4) is 0 Å². The number of rotatable bonds is 2. The minimum Gasteiger partial charge on any atom is -0.480 e. The minimum atomic E-state index is -0.938. The Kier molecular flexibility index (Phi) is 3.38. The number of hydrogen-bond donors (Lipinski definition) is 2. The molecule has 0 saturated carbocycles. The molecule has 1 N–H and O–H groups in total. The molecule has 1 atom stereocenters. The molecule has 4 nitrogen and oxygen atoms in total. The highest BCUT2D eigenvalue weighted by Gasteiger charge is 2.34. The number of carboxylic acid groups (broad SMARTS) is 1. The number of benzene rings is 1. The molecule has 5 heteroatoms. The van der Waals surface area contributed by atoms with E-state index in [1.54, 1.807) is 24.3 Å². The highest BCUT2D eigenvalue weighted by atomic mass is 32.1. The van der Waals surface area contributed by atoms with E-state index < -0.39 is 12.0 Å². The summed E-state index contributed by atoms with van der Waals surface area (Å²) in [6.07, 6.45) is 1.26. The Morgan fingerprint density at radius 1 is 1.35 bits per heavy atom. The summed E-state index contributed by atoms with van der Waals surface area (Å²) >= 11 is 4.22. The molecule has 1 fully saturated rings. The van der Waals surface area contributed by atoms with E-state index in [4.69, 9.17) is 5.11 Å². The van der Waals surface area contributed by atoms with Crippen LogP contribution in [0.1, 0.15) is 23.2 Å². The minimum absolute atomic E-state index is 0.250. The summed E-state index contributed by atoms with van der Waals surface area (Å²) in [6.45, 7) is 0.498. The van der Waals surface area contributed by atoms with Crippen LogP contribution in [0.2, 0.25) is 0 Å². The van der Waals surface area contributed by atoms with Crippen molar-refractivity contribution in [2.45, 2.75) is 23.8 Å². The molecule has 0 spiro atoms. The Balaban J connectivity index is 2.26. The number of carboxylic acids is 1. The van der Waals surface area contributed by atoms with Gasteiger partial charge in [-0.25, -0.2) is 4.79 Å². The van der Waals surface area contributed by atoms with Gasteiger partial charge in [0.05, 0.1) is 5.56 Å². The normalized spacial score (nSPS) is 19.4. The van der Waals surface area contributed by atoms with Gasteiger partial charge in [0.1, 0.15) is 6.04 Å². The first kappa shape index (κ1) is 12.0. The standard InChI is InChI=1S/C12H13NO3S/c14-11(8-4-1-2-6-10(8)17)13-7-3-5-9(13)12(15)16/h1-2,4,6,9,17H,3,5,7H2,(H,15,16). The van der Waals surface area contributed by atoms with Crippen LogP contribution in [0.25, 0.3) is 0 Å². The van der Waals surface area contributed by atoms with E-state index in [0.29, 0.717) is 23.4 Å². The van der Waals surface area contributed by atoms with Crippen molar-refractivity contribution >= 4 is 24.5 Å². The summed E-state index contributed by atoms with van der Waals surface area (Å²) in [4.78, 5) is 25.2. The molecule has 0 bridgehead atoms. The highest BCUT2D eigenvalue weighted by molar-refractivity contribution is 7.80. The van der Waals surface area contributed by atoms with Crippen LogP contribution in [-0.2, 0) is 4.79 Å². The third-order valence-electron chi connectivity index (χ3n) is 2.93. The van der Waals surface area contributed by atoms with Crippen LogP contribution in [0.4, 0.5) is 0 Å².